The molecule has 2 aliphatic rings. The number of anilines is 1. The van der Waals surface area contributed by atoms with Crippen molar-refractivity contribution < 1.29 is 24.0 Å². The summed E-state index contributed by atoms with van der Waals surface area (Å²) in [5.74, 6) is 0.354. The zero-order chi connectivity index (χ0) is 25.7. The van der Waals surface area contributed by atoms with Crippen molar-refractivity contribution in [2.24, 2.45) is 0 Å². The molecule has 3 aromatic heterocycles. The van der Waals surface area contributed by atoms with E-state index in [0.717, 1.165) is 11.2 Å². The maximum atomic E-state index is 15.0. The molecule has 4 aromatic rings. The molecule has 1 N–H and O–H groups in total. The van der Waals surface area contributed by atoms with Crippen LogP contribution in [0.25, 0.3) is 27.7 Å². The summed E-state index contributed by atoms with van der Waals surface area (Å²) in [6.07, 6.45) is -3.06. The first-order valence-corrected chi connectivity index (χ1v) is 11.7. The van der Waals surface area contributed by atoms with Crippen LogP contribution in [0.15, 0.2) is 30.4 Å². The largest absolute Gasteiger partial charge is 0.479 e. The van der Waals surface area contributed by atoms with Crippen molar-refractivity contribution in [3.63, 3.8) is 0 Å². The number of ether oxygens (including phenoxy) is 2. The Morgan fingerprint density at radius 3 is 2.89 bits per heavy atom. The number of hydrogen-bond donors (Lipinski definition) is 1. The molecule has 2 aliphatic heterocycles. The zero-order valence-electron chi connectivity index (χ0n) is 20.4. The molecule has 0 amide bonds. The van der Waals surface area contributed by atoms with E-state index < -0.39 is 25.2 Å². The van der Waals surface area contributed by atoms with Gasteiger partial charge >= 0.3 is 0 Å². The molecule has 0 radical (unpaired) electrons. The Bertz CT molecular complexity index is 1440. The van der Waals surface area contributed by atoms with Crippen LogP contribution in [-0.2, 0) is 11.3 Å². The quantitative estimate of drug-likeness (QED) is 0.412. The van der Waals surface area contributed by atoms with E-state index in [2.05, 4.69) is 30.6 Å². The summed E-state index contributed by atoms with van der Waals surface area (Å²) in [7, 11) is 1.45. The Kier molecular flexibility index (Phi) is 5.58. The van der Waals surface area contributed by atoms with Gasteiger partial charge in [0, 0.05) is 24.8 Å². The van der Waals surface area contributed by atoms with Gasteiger partial charge in [0.05, 0.1) is 39.3 Å². The maximum Gasteiger partial charge on any atom is 0.258 e. The highest BCUT2D eigenvalue weighted by Gasteiger charge is 2.35. The van der Waals surface area contributed by atoms with Crippen molar-refractivity contribution in [1.29, 1.82) is 0 Å². The number of nitrogens with zero attached hydrogens (tertiary/aromatic N) is 7. The predicted molar refractivity (Wildman–Crippen MR) is 125 cm³/mol. The molecular formula is C23H25F3N8O2. The Balaban J connectivity index is 1.32. The molecule has 2 saturated heterocycles. The van der Waals surface area contributed by atoms with Gasteiger partial charge < -0.3 is 14.8 Å². The van der Waals surface area contributed by atoms with E-state index in [0.29, 0.717) is 53.9 Å². The first-order chi connectivity index (χ1) is 17.9. The fourth-order valence-electron chi connectivity index (χ4n) is 4.77. The summed E-state index contributed by atoms with van der Waals surface area (Å²) in [4.78, 5) is 6.57. The molecule has 0 bridgehead atoms. The number of aromatic nitrogens is 6. The number of rotatable bonds is 7. The number of fused-ring (bicyclic) bond motifs is 2. The molecule has 13 heteroatoms. The van der Waals surface area contributed by atoms with Crippen LogP contribution in [0.1, 0.15) is 7.79 Å². The van der Waals surface area contributed by atoms with Crippen LogP contribution in [0.3, 0.4) is 0 Å². The lowest BCUT2D eigenvalue weighted by molar-refractivity contribution is -0.0794. The van der Waals surface area contributed by atoms with E-state index in [4.69, 9.17) is 10.8 Å². The van der Waals surface area contributed by atoms with Crippen molar-refractivity contribution >= 4 is 22.5 Å². The molecule has 6 rings (SSSR count). The van der Waals surface area contributed by atoms with Crippen LogP contribution >= 0.6 is 0 Å². The van der Waals surface area contributed by atoms with E-state index in [-0.39, 0.29) is 24.0 Å². The van der Waals surface area contributed by atoms with Crippen molar-refractivity contribution in [1.82, 2.24) is 34.5 Å². The second-order valence-corrected chi connectivity index (χ2v) is 9.00. The second-order valence-electron chi connectivity index (χ2n) is 9.00. The van der Waals surface area contributed by atoms with Crippen LogP contribution in [0.4, 0.5) is 19.1 Å². The third kappa shape index (κ3) is 4.11. The number of alkyl halides is 3. The zero-order valence-corrected chi connectivity index (χ0v) is 19.4. The van der Waals surface area contributed by atoms with Crippen molar-refractivity contribution in [3.05, 3.63) is 30.4 Å². The van der Waals surface area contributed by atoms with Gasteiger partial charge in [-0.15, -0.1) is 10.2 Å². The van der Waals surface area contributed by atoms with Gasteiger partial charge in [-0.25, -0.2) is 22.4 Å². The molecule has 0 unspecified atom stereocenters. The van der Waals surface area contributed by atoms with E-state index in [1.165, 1.54) is 11.6 Å². The van der Waals surface area contributed by atoms with Crippen LogP contribution in [-0.4, -0.2) is 92.6 Å². The molecule has 2 atom stereocenters. The van der Waals surface area contributed by atoms with E-state index in [9.17, 15) is 13.2 Å². The van der Waals surface area contributed by atoms with Gasteiger partial charge in [-0.2, -0.15) is 4.98 Å². The first kappa shape index (κ1) is 21.8. The summed E-state index contributed by atoms with van der Waals surface area (Å²) in [5, 5.41) is 15.3. The molecule has 0 spiro atoms. The summed E-state index contributed by atoms with van der Waals surface area (Å²) < 4.78 is 62.7. The van der Waals surface area contributed by atoms with Gasteiger partial charge in [0.1, 0.15) is 23.7 Å². The lowest BCUT2D eigenvalue weighted by Crippen LogP contribution is -2.57. The number of hydrogen-bond acceptors (Lipinski definition) is 8. The number of piperidine rings is 1. The van der Waals surface area contributed by atoms with Crippen molar-refractivity contribution in [3.8, 4) is 17.0 Å². The third-order valence-corrected chi connectivity index (χ3v) is 6.76. The van der Waals surface area contributed by atoms with E-state index >= 15 is 0 Å². The molecule has 36 heavy (non-hydrogen) atoms. The third-order valence-electron chi connectivity index (χ3n) is 6.76. The lowest BCUT2D eigenvalue weighted by Gasteiger charge is -2.42. The summed E-state index contributed by atoms with van der Waals surface area (Å²) in [6.45, 7) is 1.75. The molecule has 2 fully saturated rings. The highest BCUT2D eigenvalue weighted by Crippen LogP contribution is 2.33. The Hall–Kier alpha value is -3.45. The van der Waals surface area contributed by atoms with Gasteiger partial charge in [-0.05, 0) is 30.2 Å². The fourth-order valence-corrected chi connectivity index (χ4v) is 4.77. The van der Waals surface area contributed by atoms with Gasteiger partial charge in [0.25, 0.3) is 6.43 Å². The van der Waals surface area contributed by atoms with Crippen LogP contribution in [0.2, 0.25) is 0 Å². The van der Waals surface area contributed by atoms with Gasteiger partial charge in [0.15, 0.2) is 0 Å². The van der Waals surface area contributed by atoms with Crippen molar-refractivity contribution in [2.45, 2.75) is 37.6 Å². The monoisotopic (exact) mass is 503 g/mol. The summed E-state index contributed by atoms with van der Waals surface area (Å²) in [5.41, 5.74) is 2.57. The standard InChI is InChI=1S/C23H25F3N8O2/c1-35-22-21-15(13-2-3-18-19(8-13)34(31-29-18)10-20(25)26)4-7-33(21)30-23(28-22)27-17-5-6-32(9-16(17)24)14-11-36-12-14/h2-4,7-8,14,16-17,20H,5-6,9-12H2,1H3,(H,27,30)/t16-,17+/m1/s1/i7D. The van der Waals surface area contributed by atoms with Gasteiger partial charge in [-0.1, -0.05) is 11.3 Å². The average Bonchev–Trinajstić information content (AvgIpc) is 3.39. The number of likely N-dealkylation sites (tertiary alicyclic amines) is 1. The minimum atomic E-state index is -2.58. The van der Waals surface area contributed by atoms with Gasteiger partial charge in [0.2, 0.25) is 11.8 Å². The minimum absolute atomic E-state index is 0.0599. The molecule has 10 nitrogen and oxygen atoms in total. The minimum Gasteiger partial charge on any atom is -0.479 e. The number of methoxy groups -OCH3 is 1. The Morgan fingerprint density at radius 1 is 1.31 bits per heavy atom. The topological polar surface area (TPSA) is 94.6 Å². The normalized spacial score (nSPS) is 21.8. The number of nitrogens with one attached hydrogen (secondary N) is 1. The molecular weight excluding hydrogens is 477 g/mol. The molecule has 0 saturated carbocycles. The van der Waals surface area contributed by atoms with E-state index in [1.54, 1.807) is 24.3 Å². The van der Waals surface area contributed by atoms with E-state index in [1.807, 2.05) is 0 Å². The van der Waals surface area contributed by atoms with Crippen LogP contribution < -0.4 is 10.1 Å². The van der Waals surface area contributed by atoms with Crippen LogP contribution in [0.5, 0.6) is 5.88 Å². The molecule has 5 heterocycles. The smallest absolute Gasteiger partial charge is 0.258 e. The lowest BCUT2D eigenvalue weighted by atomic mass is 10.0. The Morgan fingerprint density at radius 2 is 2.17 bits per heavy atom. The number of benzene rings is 1. The molecule has 1 aromatic carbocycles. The van der Waals surface area contributed by atoms with Gasteiger partial charge in [-0.3, -0.25) is 4.90 Å². The summed E-state index contributed by atoms with van der Waals surface area (Å²) in [6, 6.07) is 6.52. The first-order valence-electron chi connectivity index (χ1n) is 12.2. The maximum absolute atomic E-state index is 15.0. The fraction of sp³-hybridized carbons (Fsp3) is 0.478. The Labute approximate surface area is 205 Å². The second kappa shape index (κ2) is 9.21. The predicted octanol–water partition coefficient (Wildman–Crippen LogP) is 2.64. The SMILES string of the molecule is [2H]c1cc(-c2ccc3nnn(CC(F)F)c3c2)c2c(OC)nc(N[C@H]3CCN(C4COC4)C[C@H]3F)nn12. The van der Waals surface area contributed by atoms with Crippen LogP contribution in [0, 0.1) is 0 Å². The molecule has 0 aliphatic carbocycles. The molecule has 190 valence electrons. The highest BCUT2D eigenvalue weighted by molar-refractivity contribution is 5.89. The number of halogens is 3. The summed E-state index contributed by atoms with van der Waals surface area (Å²) >= 11 is 0. The highest BCUT2D eigenvalue weighted by atomic mass is 19.3. The average molecular weight is 504 g/mol. The van der Waals surface area contributed by atoms with Crippen molar-refractivity contribution in [2.75, 3.05) is 38.7 Å².